The number of hydrogen-bond acceptors (Lipinski definition) is 2. The van der Waals surface area contributed by atoms with Crippen LogP contribution in [0, 0.1) is 0 Å². The Bertz CT molecular complexity index is 374. The van der Waals surface area contributed by atoms with Crippen molar-refractivity contribution < 1.29 is 0 Å². The molecule has 0 atom stereocenters. The molecule has 0 aromatic carbocycles. The van der Waals surface area contributed by atoms with E-state index in [9.17, 15) is 0 Å². The van der Waals surface area contributed by atoms with Crippen molar-refractivity contribution in [3.8, 4) is 0 Å². The van der Waals surface area contributed by atoms with E-state index < -0.39 is 0 Å². The second kappa shape index (κ2) is 3.35. The van der Waals surface area contributed by atoms with Gasteiger partial charge in [0, 0.05) is 18.8 Å². The zero-order valence-electron chi connectivity index (χ0n) is 7.27. The molecule has 1 aliphatic rings. The number of aliphatic imine (C=N–C) groups is 1. The topological polar surface area (TPSA) is 25.2 Å². The molecule has 2 heteroatoms. The molecule has 0 fully saturated rings. The van der Waals surface area contributed by atoms with E-state index in [0.717, 1.165) is 23.4 Å². The van der Waals surface area contributed by atoms with Crippen LogP contribution in [0.2, 0.25) is 0 Å². The van der Waals surface area contributed by atoms with Crippen molar-refractivity contribution in [3.05, 3.63) is 54.5 Å². The average molecular weight is 170 g/mol. The van der Waals surface area contributed by atoms with Gasteiger partial charge in [0.1, 0.15) is 0 Å². The van der Waals surface area contributed by atoms with E-state index in [0.29, 0.717) is 0 Å². The molecule has 0 radical (unpaired) electrons. The zero-order chi connectivity index (χ0) is 9.10. The molecular weight excluding hydrogens is 160 g/mol. The van der Waals surface area contributed by atoms with Gasteiger partial charge in [-0.3, -0.25) is 9.98 Å². The summed E-state index contributed by atoms with van der Waals surface area (Å²) in [4.78, 5) is 8.49. The van der Waals surface area contributed by atoms with Crippen LogP contribution in [0.5, 0.6) is 0 Å². The Morgan fingerprint density at radius 1 is 1.31 bits per heavy atom. The van der Waals surface area contributed by atoms with E-state index in [4.69, 9.17) is 0 Å². The van der Waals surface area contributed by atoms with Gasteiger partial charge in [0.05, 0.1) is 11.4 Å². The maximum absolute atomic E-state index is 4.26. The number of hydrogen-bond donors (Lipinski definition) is 0. The van der Waals surface area contributed by atoms with Gasteiger partial charge in [-0.2, -0.15) is 0 Å². The summed E-state index contributed by atoms with van der Waals surface area (Å²) in [6.07, 6.45) is 6.27. The Morgan fingerprint density at radius 3 is 2.92 bits per heavy atom. The lowest BCUT2D eigenvalue weighted by atomic mass is 10.1. The van der Waals surface area contributed by atoms with Gasteiger partial charge >= 0.3 is 0 Å². The predicted molar refractivity (Wildman–Crippen MR) is 53.7 cm³/mol. The molecule has 2 nitrogen and oxygen atoms in total. The molecule has 0 aliphatic carbocycles. The molecule has 0 N–H and O–H groups in total. The minimum atomic E-state index is 0.799. The van der Waals surface area contributed by atoms with Gasteiger partial charge in [-0.25, -0.2) is 0 Å². The van der Waals surface area contributed by atoms with E-state index in [2.05, 4.69) is 16.6 Å². The van der Waals surface area contributed by atoms with E-state index in [1.807, 2.05) is 24.3 Å². The normalized spacial score (nSPS) is 15.7. The van der Waals surface area contributed by atoms with Crippen molar-refractivity contribution in [2.75, 3.05) is 0 Å². The number of aromatic nitrogens is 1. The van der Waals surface area contributed by atoms with Crippen LogP contribution in [0.4, 0.5) is 0 Å². The third kappa shape index (κ3) is 1.72. The van der Waals surface area contributed by atoms with Gasteiger partial charge in [-0.15, -0.1) is 0 Å². The monoisotopic (exact) mass is 170 g/mol. The first kappa shape index (κ1) is 7.92. The highest BCUT2D eigenvalue weighted by Crippen LogP contribution is 2.12. The van der Waals surface area contributed by atoms with E-state index in [-0.39, 0.29) is 0 Å². The molecule has 2 heterocycles. The predicted octanol–water partition coefficient (Wildman–Crippen LogP) is 2.34. The van der Waals surface area contributed by atoms with Crippen LogP contribution < -0.4 is 0 Å². The zero-order valence-corrected chi connectivity index (χ0v) is 7.27. The van der Waals surface area contributed by atoms with Crippen LogP contribution in [0.15, 0.2) is 53.8 Å². The molecule has 0 saturated carbocycles. The van der Waals surface area contributed by atoms with Crippen LogP contribution in [-0.2, 0) is 0 Å². The van der Waals surface area contributed by atoms with Gasteiger partial charge in [0.25, 0.3) is 0 Å². The molecular formula is C11H10N2. The van der Waals surface area contributed by atoms with Crippen molar-refractivity contribution in [3.63, 3.8) is 0 Å². The van der Waals surface area contributed by atoms with Crippen LogP contribution in [0.25, 0.3) is 0 Å². The molecule has 0 amide bonds. The Morgan fingerprint density at radius 2 is 2.23 bits per heavy atom. The number of nitrogens with zero attached hydrogens (tertiary/aromatic N) is 2. The molecule has 0 saturated heterocycles. The van der Waals surface area contributed by atoms with Gasteiger partial charge in [-0.05, 0) is 23.8 Å². The third-order valence-corrected chi connectivity index (χ3v) is 1.90. The largest absolute Gasteiger partial charge is 0.259 e. The lowest BCUT2D eigenvalue weighted by Crippen LogP contribution is -2.05. The maximum Gasteiger partial charge on any atom is 0.0847 e. The maximum atomic E-state index is 4.26. The quantitative estimate of drug-likeness (QED) is 0.635. The van der Waals surface area contributed by atoms with Gasteiger partial charge < -0.3 is 0 Å². The van der Waals surface area contributed by atoms with E-state index in [1.54, 1.807) is 12.4 Å². The second-order valence-corrected chi connectivity index (χ2v) is 2.94. The summed E-state index contributed by atoms with van der Waals surface area (Å²) in [7, 11) is 0. The first-order chi connectivity index (χ1) is 6.36. The SMILES string of the molecule is C=C1C=CN=C(c2ccccn2)C1. The average Bonchev–Trinajstić information content (AvgIpc) is 2.19. The fourth-order valence-electron chi connectivity index (χ4n) is 1.24. The molecule has 13 heavy (non-hydrogen) atoms. The number of pyridine rings is 1. The summed E-state index contributed by atoms with van der Waals surface area (Å²) in [6.45, 7) is 3.89. The van der Waals surface area contributed by atoms with Crippen molar-refractivity contribution in [1.82, 2.24) is 4.98 Å². The summed E-state index contributed by atoms with van der Waals surface area (Å²) in [5.41, 5.74) is 3.01. The molecule has 2 rings (SSSR count). The van der Waals surface area contributed by atoms with Crippen molar-refractivity contribution in [2.45, 2.75) is 6.42 Å². The Hall–Kier alpha value is -1.70. The Balaban J connectivity index is 2.33. The highest BCUT2D eigenvalue weighted by Gasteiger charge is 2.07. The lowest BCUT2D eigenvalue weighted by Gasteiger charge is -2.07. The van der Waals surface area contributed by atoms with Crippen molar-refractivity contribution >= 4 is 5.71 Å². The molecule has 1 aromatic rings. The Kier molecular flexibility index (Phi) is 2.04. The van der Waals surface area contributed by atoms with Crippen LogP contribution >= 0.6 is 0 Å². The van der Waals surface area contributed by atoms with Gasteiger partial charge in [-0.1, -0.05) is 12.6 Å². The fourth-order valence-corrected chi connectivity index (χ4v) is 1.24. The number of rotatable bonds is 1. The summed E-state index contributed by atoms with van der Waals surface area (Å²) in [5, 5.41) is 0. The smallest absolute Gasteiger partial charge is 0.0847 e. The standard InChI is InChI=1S/C11H10N2/c1-9-5-7-13-11(8-9)10-4-2-3-6-12-10/h2-7H,1,8H2. The summed E-state index contributed by atoms with van der Waals surface area (Å²) < 4.78 is 0. The molecule has 64 valence electrons. The minimum Gasteiger partial charge on any atom is -0.259 e. The van der Waals surface area contributed by atoms with Crippen molar-refractivity contribution in [1.29, 1.82) is 0 Å². The summed E-state index contributed by atoms with van der Waals surface area (Å²) in [6, 6.07) is 5.83. The molecule has 1 aliphatic heterocycles. The molecule has 1 aromatic heterocycles. The van der Waals surface area contributed by atoms with Crippen molar-refractivity contribution in [2.24, 2.45) is 4.99 Å². The minimum absolute atomic E-state index is 0.799. The highest BCUT2D eigenvalue weighted by atomic mass is 14.8. The van der Waals surface area contributed by atoms with Crippen LogP contribution in [0.1, 0.15) is 12.1 Å². The summed E-state index contributed by atoms with van der Waals surface area (Å²) >= 11 is 0. The van der Waals surface area contributed by atoms with Gasteiger partial charge in [0.15, 0.2) is 0 Å². The second-order valence-electron chi connectivity index (χ2n) is 2.94. The molecule has 0 spiro atoms. The first-order valence-electron chi connectivity index (χ1n) is 4.18. The fraction of sp³-hybridized carbons (Fsp3) is 0.0909. The Labute approximate surface area is 77.4 Å². The third-order valence-electron chi connectivity index (χ3n) is 1.90. The van der Waals surface area contributed by atoms with Crippen LogP contribution in [0.3, 0.4) is 0 Å². The van der Waals surface area contributed by atoms with E-state index in [1.165, 1.54) is 0 Å². The lowest BCUT2D eigenvalue weighted by molar-refractivity contribution is 1.21. The van der Waals surface area contributed by atoms with Crippen LogP contribution in [-0.4, -0.2) is 10.7 Å². The number of allylic oxidation sites excluding steroid dienone is 2. The first-order valence-corrected chi connectivity index (χ1v) is 4.18. The molecule has 0 bridgehead atoms. The summed E-state index contributed by atoms with van der Waals surface area (Å²) in [5.74, 6) is 0. The van der Waals surface area contributed by atoms with E-state index >= 15 is 0 Å². The highest BCUT2D eigenvalue weighted by molar-refractivity contribution is 6.01. The molecule has 0 unspecified atom stereocenters. The van der Waals surface area contributed by atoms with Gasteiger partial charge in [0.2, 0.25) is 0 Å².